The minimum absolute atomic E-state index is 0.0637. The van der Waals surface area contributed by atoms with Gasteiger partial charge in [-0.05, 0) is 30.0 Å². The Bertz CT molecular complexity index is 600. The van der Waals surface area contributed by atoms with Crippen LogP contribution in [0.15, 0.2) is 42.5 Å². The van der Waals surface area contributed by atoms with Crippen molar-refractivity contribution in [3.8, 4) is 5.75 Å². The van der Waals surface area contributed by atoms with Crippen LogP contribution >= 0.6 is 0 Å². The maximum absolute atomic E-state index is 12.4. The van der Waals surface area contributed by atoms with E-state index in [1.165, 1.54) is 0 Å². The lowest BCUT2D eigenvalue weighted by Crippen LogP contribution is -2.04. The lowest BCUT2D eigenvalue weighted by Gasteiger charge is -2.06. The van der Waals surface area contributed by atoms with Crippen LogP contribution in [0.4, 0.5) is 0 Å². The Balaban J connectivity index is 2.26. The number of fused-ring (bicyclic) bond motifs is 2. The van der Waals surface area contributed by atoms with E-state index in [1.54, 1.807) is 12.1 Å². The Morgan fingerprint density at radius 1 is 0.882 bits per heavy atom. The number of phenols is 1. The summed E-state index contributed by atoms with van der Waals surface area (Å²) in [5, 5.41) is 9.86. The van der Waals surface area contributed by atoms with Crippen LogP contribution in [-0.4, -0.2) is 10.9 Å². The second-order valence-electron chi connectivity index (χ2n) is 4.30. The molecule has 0 heterocycles. The molecule has 2 nitrogen and oxygen atoms in total. The van der Waals surface area contributed by atoms with Crippen molar-refractivity contribution in [1.29, 1.82) is 0 Å². The molecule has 0 aromatic heterocycles. The first-order chi connectivity index (χ1) is 8.27. The maximum Gasteiger partial charge on any atom is 0.197 e. The van der Waals surface area contributed by atoms with Gasteiger partial charge in [-0.25, -0.2) is 0 Å². The van der Waals surface area contributed by atoms with Gasteiger partial charge in [0.25, 0.3) is 0 Å². The predicted octanol–water partition coefficient (Wildman–Crippen LogP) is 2.72. The fourth-order valence-electron chi connectivity index (χ4n) is 2.42. The van der Waals surface area contributed by atoms with Crippen molar-refractivity contribution in [2.45, 2.75) is 12.8 Å². The van der Waals surface area contributed by atoms with Crippen molar-refractivity contribution in [3.05, 3.63) is 64.7 Å². The quantitative estimate of drug-likeness (QED) is 0.747. The zero-order chi connectivity index (χ0) is 11.8. The van der Waals surface area contributed by atoms with Gasteiger partial charge >= 0.3 is 0 Å². The summed E-state index contributed by atoms with van der Waals surface area (Å²) in [6.07, 6.45) is 1.64. The van der Waals surface area contributed by atoms with Crippen LogP contribution in [0.5, 0.6) is 5.75 Å². The highest BCUT2D eigenvalue weighted by Gasteiger charge is 2.23. The predicted molar refractivity (Wildman–Crippen MR) is 65.4 cm³/mol. The Hall–Kier alpha value is -2.09. The van der Waals surface area contributed by atoms with Crippen molar-refractivity contribution in [3.63, 3.8) is 0 Å². The molecule has 1 aliphatic rings. The molecule has 0 radical (unpaired) electrons. The summed E-state index contributed by atoms with van der Waals surface area (Å²) in [7, 11) is 0. The van der Waals surface area contributed by atoms with Gasteiger partial charge in [0.15, 0.2) is 5.78 Å². The molecular formula is C15H12O2. The van der Waals surface area contributed by atoms with Crippen molar-refractivity contribution in [2.75, 3.05) is 0 Å². The molecule has 0 saturated heterocycles. The average molecular weight is 224 g/mol. The number of aromatic hydroxyl groups is 1. The fraction of sp³-hybridized carbons (Fsp3) is 0.133. The Kier molecular flexibility index (Phi) is 2.22. The molecule has 2 heteroatoms. The lowest BCUT2D eigenvalue weighted by molar-refractivity contribution is 0.103. The van der Waals surface area contributed by atoms with Crippen molar-refractivity contribution in [1.82, 2.24) is 0 Å². The number of benzene rings is 2. The minimum atomic E-state index is -0.0637. The molecule has 2 aromatic rings. The van der Waals surface area contributed by atoms with E-state index in [0.717, 1.165) is 24.0 Å². The topological polar surface area (TPSA) is 37.3 Å². The molecule has 0 spiro atoms. The molecule has 0 bridgehead atoms. The first kappa shape index (κ1) is 10.1. The number of ketones is 1. The number of hydrogen-bond donors (Lipinski definition) is 1. The normalized spacial score (nSPS) is 13.8. The molecule has 1 aliphatic carbocycles. The van der Waals surface area contributed by atoms with Crippen LogP contribution in [0.25, 0.3) is 0 Å². The summed E-state index contributed by atoms with van der Waals surface area (Å²) < 4.78 is 0. The van der Waals surface area contributed by atoms with Gasteiger partial charge in [0.05, 0.1) is 5.56 Å². The molecule has 0 atom stereocenters. The van der Waals surface area contributed by atoms with Gasteiger partial charge in [0, 0.05) is 5.56 Å². The summed E-state index contributed by atoms with van der Waals surface area (Å²) in [4.78, 5) is 12.4. The number of carbonyl (C=O) groups is 1. The van der Waals surface area contributed by atoms with Crippen LogP contribution in [0.1, 0.15) is 27.0 Å². The first-order valence-corrected chi connectivity index (χ1v) is 5.71. The second-order valence-corrected chi connectivity index (χ2v) is 4.30. The molecule has 1 N–H and O–H groups in total. The molecule has 84 valence electrons. The monoisotopic (exact) mass is 224 g/mol. The summed E-state index contributed by atoms with van der Waals surface area (Å²) in [6, 6.07) is 12.9. The van der Waals surface area contributed by atoms with E-state index in [2.05, 4.69) is 0 Å². The van der Waals surface area contributed by atoms with Gasteiger partial charge < -0.3 is 5.11 Å². The smallest absolute Gasteiger partial charge is 0.197 e. The molecule has 17 heavy (non-hydrogen) atoms. The van der Waals surface area contributed by atoms with E-state index < -0.39 is 0 Å². The van der Waals surface area contributed by atoms with E-state index in [1.807, 2.05) is 30.3 Å². The van der Waals surface area contributed by atoms with Crippen LogP contribution in [0.3, 0.4) is 0 Å². The summed E-state index contributed by atoms with van der Waals surface area (Å²) in [6.45, 7) is 0. The molecule has 0 unspecified atom stereocenters. The van der Waals surface area contributed by atoms with E-state index in [4.69, 9.17) is 0 Å². The van der Waals surface area contributed by atoms with E-state index in [0.29, 0.717) is 11.1 Å². The second kappa shape index (κ2) is 3.74. The zero-order valence-corrected chi connectivity index (χ0v) is 9.31. The highest BCUT2D eigenvalue weighted by atomic mass is 16.3. The zero-order valence-electron chi connectivity index (χ0n) is 9.31. The van der Waals surface area contributed by atoms with Crippen LogP contribution < -0.4 is 0 Å². The Morgan fingerprint density at radius 3 is 2.47 bits per heavy atom. The summed E-state index contributed by atoms with van der Waals surface area (Å²) in [5.41, 5.74) is 3.18. The fourth-order valence-corrected chi connectivity index (χ4v) is 2.42. The lowest BCUT2D eigenvalue weighted by atomic mass is 9.98. The number of aryl methyl sites for hydroxylation is 2. The molecule has 2 aromatic carbocycles. The van der Waals surface area contributed by atoms with E-state index in [-0.39, 0.29) is 11.5 Å². The van der Waals surface area contributed by atoms with E-state index in [9.17, 15) is 9.90 Å². The van der Waals surface area contributed by atoms with Gasteiger partial charge in [0.2, 0.25) is 0 Å². The van der Waals surface area contributed by atoms with Crippen molar-refractivity contribution in [2.24, 2.45) is 0 Å². The van der Waals surface area contributed by atoms with Gasteiger partial charge in [-0.3, -0.25) is 4.79 Å². The van der Waals surface area contributed by atoms with Gasteiger partial charge in [0.1, 0.15) is 5.75 Å². The van der Waals surface area contributed by atoms with Gasteiger partial charge in [-0.1, -0.05) is 36.4 Å². The molecule has 0 amide bonds. The third-order valence-corrected chi connectivity index (χ3v) is 3.28. The van der Waals surface area contributed by atoms with E-state index >= 15 is 0 Å². The summed E-state index contributed by atoms with van der Waals surface area (Å²) in [5.74, 6) is 0.0235. The van der Waals surface area contributed by atoms with Crippen molar-refractivity contribution >= 4 is 5.78 Å². The summed E-state index contributed by atoms with van der Waals surface area (Å²) >= 11 is 0. The standard InChI is InChI=1S/C15H12O2/c16-13-7-3-5-11-9-8-10-4-1-2-6-12(10)15(17)14(11)13/h1-7,16H,8-9H2. The first-order valence-electron chi connectivity index (χ1n) is 5.71. The highest BCUT2D eigenvalue weighted by molar-refractivity contribution is 6.12. The van der Waals surface area contributed by atoms with Crippen LogP contribution in [0, 0.1) is 0 Å². The van der Waals surface area contributed by atoms with Crippen molar-refractivity contribution < 1.29 is 9.90 Å². The molecule has 3 rings (SSSR count). The highest BCUT2D eigenvalue weighted by Crippen LogP contribution is 2.29. The average Bonchev–Trinajstić information content (AvgIpc) is 2.49. The number of phenolic OH excluding ortho intramolecular Hbond substituents is 1. The van der Waals surface area contributed by atoms with Gasteiger partial charge in [-0.2, -0.15) is 0 Å². The van der Waals surface area contributed by atoms with Crippen LogP contribution in [-0.2, 0) is 12.8 Å². The number of carbonyl (C=O) groups excluding carboxylic acids is 1. The molecule has 0 aliphatic heterocycles. The molecule has 0 saturated carbocycles. The SMILES string of the molecule is O=C1c2ccccc2CCc2cccc(O)c21. The third kappa shape index (κ3) is 1.53. The minimum Gasteiger partial charge on any atom is -0.507 e. The van der Waals surface area contributed by atoms with Crippen LogP contribution in [0.2, 0.25) is 0 Å². The number of hydrogen-bond acceptors (Lipinski definition) is 2. The third-order valence-electron chi connectivity index (χ3n) is 3.28. The largest absolute Gasteiger partial charge is 0.507 e. The number of rotatable bonds is 0. The Labute approximate surface area is 99.5 Å². The molecular weight excluding hydrogens is 212 g/mol. The maximum atomic E-state index is 12.4. The molecule has 0 fully saturated rings. The van der Waals surface area contributed by atoms with Gasteiger partial charge in [-0.15, -0.1) is 0 Å². The Morgan fingerprint density at radius 2 is 1.59 bits per heavy atom.